The molecule has 0 unspecified atom stereocenters. The molecule has 1 nitrogen and oxygen atoms in total. The van der Waals surface area contributed by atoms with Crippen LogP contribution in [-0.4, -0.2) is 6.04 Å². The number of rotatable bonds is 4. The third-order valence-corrected chi connectivity index (χ3v) is 3.57. The third kappa shape index (κ3) is 5.40. The highest BCUT2D eigenvalue weighted by molar-refractivity contribution is 7.97. The Labute approximate surface area is 116 Å². The summed E-state index contributed by atoms with van der Waals surface area (Å²) in [7, 11) is 0. The van der Waals surface area contributed by atoms with Crippen molar-refractivity contribution in [1.82, 2.24) is 4.72 Å². The number of aryl methyl sites for hydroxylation is 1. The van der Waals surface area contributed by atoms with Gasteiger partial charge in [0.05, 0.1) is 0 Å². The Kier molecular flexibility index (Phi) is 8.29. The number of hydrogen-bond acceptors (Lipinski definition) is 2. The van der Waals surface area contributed by atoms with Crippen molar-refractivity contribution in [2.45, 2.75) is 65.3 Å². The van der Waals surface area contributed by atoms with E-state index in [2.05, 4.69) is 18.6 Å². The highest BCUT2D eigenvalue weighted by atomic mass is 32.2. The van der Waals surface area contributed by atoms with Gasteiger partial charge < -0.3 is 0 Å². The summed E-state index contributed by atoms with van der Waals surface area (Å²) < 4.78 is 16.9. The van der Waals surface area contributed by atoms with Gasteiger partial charge in [-0.3, -0.25) is 4.72 Å². The first-order valence-corrected chi connectivity index (χ1v) is 7.46. The number of hydrogen-bond donors (Lipinski definition) is 1. The van der Waals surface area contributed by atoms with Crippen molar-refractivity contribution < 1.29 is 4.39 Å². The van der Waals surface area contributed by atoms with Crippen LogP contribution >= 0.6 is 11.9 Å². The van der Waals surface area contributed by atoms with Crippen LogP contribution in [0.3, 0.4) is 0 Å². The van der Waals surface area contributed by atoms with E-state index in [4.69, 9.17) is 0 Å². The number of halogens is 1. The van der Waals surface area contributed by atoms with Gasteiger partial charge in [0.2, 0.25) is 0 Å². The van der Waals surface area contributed by atoms with Crippen LogP contribution in [0.1, 0.15) is 58.6 Å². The van der Waals surface area contributed by atoms with Gasteiger partial charge in [-0.2, -0.15) is 0 Å². The maximum absolute atomic E-state index is 13.7. The molecule has 0 aliphatic heterocycles. The molecule has 0 saturated heterocycles. The smallest absolute Gasteiger partial charge is 0.127 e. The maximum atomic E-state index is 13.7. The molecule has 0 atom stereocenters. The zero-order valence-electron chi connectivity index (χ0n) is 12.6. The van der Waals surface area contributed by atoms with Crippen molar-refractivity contribution in [2.24, 2.45) is 0 Å². The fourth-order valence-corrected chi connectivity index (χ4v) is 2.17. The van der Waals surface area contributed by atoms with Gasteiger partial charge in [0.15, 0.2) is 0 Å². The van der Waals surface area contributed by atoms with Gasteiger partial charge in [0.1, 0.15) is 5.82 Å². The van der Waals surface area contributed by atoms with Gasteiger partial charge >= 0.3 is 0 Å². The summed E-state index contributed by atoms with van der Waals surface area (Å²) in [6, 6.07) is 3.99. The zero-order valence-corrected chi connectivity index (χ0v) is 13.4. The molecule has 0 aliphatic carbocycles. The Balaban J connectivity index is 0.00000137. The van der Waals surface area contributed by atoms with Crippen LogP contribution in [-0.2, 0) is 0 Å². The summed E-state index contributed by atoms with van der Waals surface area (Å²) in [6.07, 6.45) is 0. The van der Waals surface area contributed by atoms with E-state index in [-0.39, 0.29) is 11.7 Å². The lowest BCUT2D eigenvalue weighted by Crippen LogP contribution is -2.14. The van der Waals surface area contributed by atoms with Crippen LogP contribution in [0.15, 0.2) is 17.0 Å². The van der Waals surface area contributed by atoms with Crippen LogP contribution < -0.4 is 4.72 Å². The normalized spacial score (nSPS) is 10.6. The van der Waals surface area contributed by atoms with Crippen LogP contribution in [0.5, 0.6) is 0 Å². The van der Waals surface area contributed by atoms with Gasteiger partial charge in [-0.1, -0.05) is 27.7 Å². The lowest BCUT2D eigenvalue weighted by Gasteiger charge is -2.14. The predicted molar refractivity (Wildman–Crippen MR) is 80.7 cm³/mol. The van der Waals surface area contributed by atoms with Gasteiger partial charge in [0.25, 0.3) is 0 Å². The molecule has 0 saturated carbocycles. The molecule has 3 heteroatoms. The molecule has 1 aromatic carbocycles. The molecule has 0 aromatic heterocycles. The summed E-state index contributed by atoms with van der Waals surface area (Å²) in [4.78, 5) is 1.11. The summed E-state index contributed by atoms with van der Waals surface area (Å²) in [5.74, 6) is 0.125. The Hall–Kier alpha value is -0.540. The van der Waals surface area contributed by atoms with E-state index >= 15 is 0 Å². The molecular weight excluding hydrogens is 245 g/mol. The summed E-state index contributed by atoms with van der Waals surface area (Å²) in [5, 5.41) is 0. The monoisotopic (exact) mass is 271 g/mol. The standard InChI is InChI=1S/C13H20FNS.C2H6/c1-8(2)11-7-13(16-15-9(3)4)10(5)6-12(11)14;1-2/h6-9,15H,1-5H3;1-2H3. The van der Waals surface area contributed by atoms with Gasteiger partial charge in [-0.05, 0) is 61.9 Å². The van der Waals surface area contributed by atoms with E-state index in [0.717, 1.165) is 16.0 Å². The molecule has 104 valence electrons. The maximum Gasteiger partial charge on any atom is 0.127 e. The van der Waals surface area contributed by atoms with Crippen LogP contribution in [0, 0.1) is 12.7 Å². The van der Waals surface area contributed by atoms with Crippen molar-refractivity contribution in [3.63, 3.8) is 0 Å². The van der Waals surface area contributed by atoms with E-state index < -0.39 is 0 Å². The first-order chi connectivity index (χ1) is 8.41. The highest BCUT2D eigenvalue weighted by Crippen LogP contribution is 2.27. The van der Waals surface area contributed by atoms with Crippen molar-refractivity contribution in [2.75, 3.05) is 0 Å². The quantitative estimate of drug-likeness (QED) is 0.747. The van der Waals surface area contributed by atoms with Crippen molar-refractivity contribution in [3.05, 3.63) is 29.1 Å². The summed E-state index contributed by atoms with van der Waals surface area (Å²) >= 11 is 1.58. The minimum absolute atomic E-state index is 0.0959. The molecule has 0 fully saturated rings. The van der Waals surface area contributed by atoms with Crippen LogP contribution in [0.25, 0.3) is 0 Å². The average molecular weight is 271 g/mol. The first kappa shape index (κ1) is 17.5. The fraction of sp³-hybridized carbons (Fsp3) is 0.600. The largest absolute Gasteiger partial charge is 0.257 e. The van der Waals surface area contributed by atoms with Gasteiger partial charge in [-0.25, -0.2) is 4.39 Å². The molecule has 1 aromatic rings. The zero-order chi connectivity index (χ0) is 14.3. The SMILES string of the molecule is CC.Cc1cc(F)c(C(C)C)cc1SNC(C)C. The van der Waals surface area contributed by atoms with Crippen molar-refractivity contribution in [1.29, 1.82) is 0 Å². The third-order valence-electron chi connectivity index (χ3n) is 2.32. The first-order valence-electron chi connectivity index (χ1n) is 6.64. The molecule has 0 bridgehead atoms. The van der Waals surface area contributed by atoms with E-state index in [1.54, 1.807) is 18.0 Å². The predicted octanol–water partition coefficient (Wildman–Crippen LogP) is 5.29. The minimum atomic E-state index is -0.0959. The Bertz CT molecular complexity index is 362. The average Bonchev–Trinajstić information content (AvgIpc) is 2.29. The minimum Gasteiger partial charge on any atom is -0.257 e. The molecule has 0 aliphatic rings. The molecule has 0 radical (unpaired) electrons. The Morgan fingerprint density at radius 2 is 1.67 bits per heavy atom. The second kappa shape index (κ2) is 8.54. The summed E-state index contributed by atoms with van der Waals surface area (Å²) in [6.45, 7) is 14.2. The lowest BCUT2D eigenvalue weighted by atomic mass is 10.0. The Morgan fingerprint density at radius 1 is 1.11 bits per heavy atom. The van der Waals surface area contributed by atoms with Gasteiger partial charge in [0, 0.05) is 10.9 Å². The molecular formula is C15H26FNS. The lowest BCUT2D eigenvalue weighted by molar-refractivity contribution is 0.595. The summed E-state index contributed by atoms with van der Waals surface area (Å²) in [5.41, 5.74) is 1.78. The second-order valence-corrected chi connectivity index (χ2v) is 5.55. The van der Waals surface area contributed by atoms with E-state index in [0.29, 0.717) is 6.04 Å². The van der Waals surface area contributed by atoms with Crippen LogP contribution in [0.2, 0.25) is 0 Å². The van der Waals surface area contributed by atoms with E-state index in [1.807, 2.05) is 40.7 Å². The van der Waals surface area contributed by atoms with E-state index in [1.165, 1.54) is 0 Å². The molecule has 1 N–H and O–H groups in total. The number of benzene rings is 1. The van der Waals surface area contributed by atoms with Gasteiger partial charge in [-0.15, -0.1) is 0 Å². The van der Waals surface area contributed by atoms with E-state index in [9.17, 15) is 4.39 Å². The molecule has 18 heavy (non-hydrogen) atoms. The molecule has 0 spiro atoms. The van der Waals surface area contributed by atoms with Crippen molar-refractivity contribution >= 4 is 11.9 Å². The molecule has 0 amide bonds. The molecule has 0 heterocycles. The van der Waals surface area contributed by atoms with Crippen LogP contribution in [0.4, 0.5) is 4.39 Å². The topological polar surface area (TPSA) is 12.0 Å². The molecule has 1 rings (SSSR count). The highest BCUT2D eigenvalue weighted by Gasteiger charge is 2.11. The number of nitrogens with one attached hydrogen (secondary N) is 1. The fourth-order valence-electron chi connectivity index (χ4n) is 1.40. The second-order valence-electron chi connectivity index (χ2n) is 4.67. The van der Waals surface area contributed by atoms with Crippen molar-refractivity contribution in [3.8, 4) is 0 Å². The Morgan fingerprint density at radius 3 is 2.11 bits per heavy atom.